The van der Waals surface area contributed by atoms with E-state index in [2.05, 4.69) is 15.9 Å². The summed E-state index contributed by atoms with van der Waals surface area (Å²) in [6.07, 6.45) is 0. The first-order valence-electron chi connectivity index (χ1n) is 7.83. The topological polar surface area (TPSA) is 62.0 Å². The number of aromatic hydroxyl groups is 1. The molecule has 0 spiro atoms. The zero-order valence-corrected chi connectivity index (χ0v) is 15.6. The van der Waals surface area contributed by atoms with Gasteiger partial charge in [0, 0.05) is 10.0 Å². The molecule has 7 heteroatoms. The predicted molar refractivity (Wildman–Crippen MR) is 95.4 cm³/mol. The first-order valence-corrected chi connectivity index (χ1v) is 10.1. The van der Waals surface area contributed by atoms with E-state index in [9.17, 15) is 13.5 Å². The molecule has 1 aliphatic rings. The van der Waals surface area contributed by atoms with Crippen LogP contribution in [-0.2, 0) is 16.6 Å². The number of piperazine rings is 1. The van der Waals surface area contributed by atoms with E-state index in [4.69, 9.17) is 0 Å². The lowest BCUT2D eigenvalue weighted by molar-refractivity contribution is -0.917. The van der Waals surface area contributed by atoms with Crippen LogP contribution in [0.25, 0.3) is 0 Å². The Bertz CT molecular complexity index is 804. The fourth-order valence-electron chi connectivity index (χ4n) is 2.93. The van der Waals surface area contributed by atoms with Crippen LogP contribution in [0.4, 0.5) is 0 Å². The summed E-state index contributed by atoms with van der Waals surface area (Å²) in [5.74, 6) is 0.282. The number of halogens is 1. The number of sulfonamides is 1. The van der Waals surface area contributed by atoms with Crippen molar-refractivity contribution in [2.45, 2.75) is 11.4 Å². The summed E-state index contributed by atoms with van der Waals surface area (Å²) >= 11 is 3.41. The third-order valence-corrected chi connectivity index (χ3v) is 6.70. The Hall–Kier alpha value is -1.41. The third kappa shape index (κ3) is 3.80. The molecule has 0 bridgehead atoms. The van der Waals surface area contributed by atoms with Gasteiger partial charge in [0.15, 0.2) is 0 Å². The second-order valence-electron chi connectivity index (χ2n) is 5.92. The van der Waals surface area contributed by atoms with E-state index in [-0.39, 0.29) is 5.75 Å². The fourth-order valence-corrected chi connectivity index (χ4v) is 4.80. The summed E-state index contributed by atoms with van der Waals surface area (Å²) in [5.41, 5.74) is 0.874. The fraction of sp³-hybridized carbons (Fsp3) is 0.294. The molecule has 0 amide bonds. The predicted octanol–water partition coefficient (Wildman–Crippen LogP) is 1.24. The highest BCUT2D eigenvalue weighted by atomic mass is 79.9. The van der Waals surface area contributed by atoms with E-state index < -0.39 is 10.0 Å². The molecule has 0 saturated carbocycles. The number of hydrogen-bond acceptors (Lipinski definition) is 3. The average molecular weight is 412 g/mol. The summed E-state index contributed by atoms with van der Waals surface area (Å²) in [6, 6.07) is 13.9. The molecule has 1 heterocycles. The van der Waals surface area contributed by atoms with Crippen LogP contribution < -0.4 is 4.90 Å². The molecule has 5 nitrogen and oxygen atoms in total. The van der Waals surface area contributed by atoms with Crippen LogP contribution in [0, 0.1) is 0 Å². The van der Waals surface area contributed by atoms with Crippen molar-refractivity contribution in [1.82, 2.24) is 4.31 Å². The number of benzene rings is 2. The molecular formula is C17H20BrN2O3S+. The minimum atomic E-state index is -3.41. The Morgan fingerprint density at radius 1 is 1.08 bits per heavy atom. The second-order valence-corrected chi connectivity index (χ2v) is 8.77. The van der Waals surface area contributed by atoms with Gasteiger partial charge in [0.25, 0.3) is 0 Å². The third-order valence-electron chi connectivity index (χ3n) is 4.29. The number of phenols is 1. The molecule has 0 atom stereocenters. The van der Waals surface area contributed by atoms with Gasteiger partial charge in [0.1, 0.15) is 12.3 Å². The van der Waals surface area contributed by atoms with Crippen LogP contribution >= 0.6 is 15.9 Å². The van der Waals surface area contributed by atoms with E-state index in [0.29, 0.717) is 24.5 Å². The highest BCUT2D eigenvalue weighted by Gasteiger charge is 2.30. The van der Waals surface area contributed by atoms with Crippen molar-refractivity contribution in [3.8, 4) is 5.75 Å². The molecule has 2 aromatic carbocycles. The van der Waals surface area contributed by atoms with E-state index in [1.165, 1.54) is 4.90 Å². The van der Waals surface area contributed by atoms with Crippen LogP contribution in [0.15, 0.2) is 57.9 Å². The van der Waals surface area contributed by atoms with Crippen molar-refractivity contribution in [1.29, 1.82) is 0 Å². The van der Waals surface area contributed by atoms with Gasteiger partial charge < -0.3 is 10.0 Å². The zero-order chi connectivity index (χ0) is 17.2. The summed E-state index contributed by atoms with van der Waals surface area (Å²) in [5, 5.41) is 9.96. The molecule has 3 rings (SSSR count). The maximum absolute atomic E-state index is 12.6. The molecule has 0 radical (unpaired) electrons. The van der Waals surface area contributed by atoms with Crippen LogP contribution in [0.5, 0.6) is 5.75 Å². The molecule has 1 saturated heterocycles. The van der Waals surface area contributed by atoms with Gasteiger partial charge >= 0.3 is 0 Å². The number of nitrogens with zero attached hydrogens (tertiary/aromatic N) is 1. The molecule has 0 aromatic heterocycles. The lowest BCUT2D eigenvalue weighted by atomic mass is 10.2. The number of hydrogen-bond donors (Lipinski definition) is 2. The quantitative estimate of drug-likeness (QED) is 0.795. The standard InChI is InChI=1S/C17H19BrN2O3S/c18-15-6-7-17(21)14(12-15)13-19-8-10-20(11-9-19)24(22,23)16-4-2-1-3-5-16/h1-7,12,21H,8-11,13H2/p+1. The normalized spacial score (nSPS) is 17.0. The van der Waals surface area contributed by atoms with E-state index in [1.807, 2.05) is 12.1 Å². The van der Waals surface area contributed by atoms with E-state index in [1.54, 1.807) is 40.7 Å². The Labute approximate surface area is 150 Å². The molecule has 1 aliphatic heterocycles. The summed E-state index contributed by atoms with van der Waals surface area (Å²) in [6.45, 7) is 3.10. The molecule has 0 unspecified atom stereocenters. The van der Waals surface area contributed by atoms with Gasteiger partial charge in [-0.05, 0) is 30.3 Å². The minimum absolute atomic E-state index is 0.282. The summed E-state index contributed by atoms with van der Waals surface area (Å²) in [7, 11) is -3.41. The van der Waals surface area contributed by atoms with Crippen molar-refractivity contribution in [2.24, 2.45) is 0 Å². The van der Waals surface area contributed by atoms with Gasteiger partial charge in [-0.25, -0.2) is 8.42 Å². The summed E-state index contributed by atoms with van der Waals surface area (Å²) in [4.78, 5) is 1.61. The Kier molecular flexibility index (Phi) is 5.24. The lowest BCUT2D eigenvalue weighted by Crippen LogP contribution is -3.13. The second kappa shape index (κ2) is 7.23. The molecule has 24 heavy (non-hydrogen) atoms. The monoisotopic (exact) mass is 411 g/mol. The van der Waals surface area contributed by atoms with Crippen LogP contribution in [0.2, 0.25) is 0 Å². The molecule has 2 N–H and O–H groups in total. The first kappa shape index (κ1) is 17.4. The molecular weight excluding hydrogens is 392 g/mol. The molecule has 1 fully saturated rings. The van der Waals surface area contributed by atoms with Gasteiger partial charge in [-0.3, -0.25) is 0 Å². The highest BCUT2D eigenvalue weighted by Crippen LogP contribution is 2.21. The van der Waals surface area contributed by atoms with Crippen molar-refractivity contribution < 1.29 is 18.4 Å². The van der Waals surface area contributed by atoms with Gasteiger partial charge in [0.2, 0.25) is 10.0 Å². The minimum Gasteiger partial charge on any atom is -0.507 e. The van der Waals surface area contributed by atoms with Gasteiger partial charge in [-0.1, -0.05) is 34.1 Å². The molecule has 0 aliphatic carbocycles. The van der Waals surface area contributed by atoms with Crippen molar-refractivity contribution >= 4 is 26.0 Å². The average Bonchev–Trinajstić information content (AvgIpc) is 2.59. The number of nitrogens with one attached hydrogen (secondary N) is 1. The Morgan fingerprint density at radius 2 is 1.75 bits per heavy atom. The van der Waals surface area contributed by atoms with Crippen molar-refractivity contribution in [3.63, 3.8) is 0 Å². The first-order chi connectivity index (χ1) is 11.5. The smallest absolute Gasteiger partial charge is 0.243 e. The van der Waals surface area contributed by atoms with Crippen LogP contribution in [-0.4, -0.2) is 44.0 Å². The van der Waals surface area contributed by atoms with Gasteiger partial charge in [-0.15, -0.1) is 0 Å². The van der Waals surface area contributed by atoms with Gasteiger partial charge in [0.05, 0.1) is 31.1 Å². The Morgan fingerprint density at radius 3 is 2.42 bits per heavy atom. The van der Waals surface area contributed by atoms with Gasteiger partial charge in [-0.2, -0.15) is 4.31 Å². The Balaban J connectivity index is 1.65. The maximum atomic E-state index is 12.6. The number of quaternary nitrogens is 1. The maximum Gasteiger partial charge on any atom is 0.243 e. The highest BCUT2D eigenvalue weighted by molar-refractivity contribution is 9.10. The zero-order valence-electron chi connectivity index (χ0n) is 13.2. The SMILES string of the molecule is O=S(=O)(c1ccccc1)N1CC[NH+](Cc2cc(Br)ccc2O)CC1. The van der Waals surface area contributed by atoms with E-state index >= 15 is 0 Å². The van der Waals surface area contributed by atoms with Crippen molar-refractivity contribution in [3.05, 3.63) is 58.6 Å². The van der Waals surface area contributed by atoms with E-state index in [0.717, 1.165) is 23.1 Å². The number of rotatable bonds is 4. The van der Waals surface area contributed by atoms with Crippen LogP contribution in [0.3, 0.4) is 0 Å². The number of phenolic OH excluding ortho intramolecular Hbond substituents is 1. The molecule has 128 valence electrons. The lowest BCUT2D eigenvalue weighted by Gasteiger charge is -2.31. The summed E-state index contributed by atoms with van der Waals surface area (Å²) < 4.78 is 27.7. The molecule has 2 aromatic rings. The van der Waals surface area contributed by atoms with Crippen molar-refractivity contribution in [2.75, 3.05) is 26.2 Å². The largest absolute Gasteiger partial charge is 0.507 e. The van der Waals surface area contributed by atoms with Crippen LogP contribution in [0.1, 0.15) is 5.56 Å².